The van der Waals surface area contributed by atoms with Gasteiger partial charge in [0.25, 0.3) is 0 Å². The van der Waals surface area contributed by atoms with E-state index in [-0.39, 0.29) is 6.01 Å². The van der Waals surface area contributed by atoms with Gasteiger partial charge in [-0.05, 0) is 37.0 Å². The minimum atomic E-state index is 0.261. The van der Waals surface area contributed by atoms with E-state index in [9.17, 15) is 0 Å². The predicted molar refractivity (Wildman–Crippen MR) is 67.1 cm³/mol. The van der Waals surface area contributed by atoms with E-state index in [1.54, 1.807) is 0 Å². The van der Waals surface area contributed by atoms with Crippen molar-refractivity contribution in [3.63, 3.8) is 0 Å². The summed E-state index contributed by atoms with van der Waals surface area (Å²) in [6.07, 6.45) is 5.37. The molecule has 0 saturated heterocycles. The highest BCUT2D eigenvalue weighted by Gasteiger charge is 2.53. The number of methoxy groups -OCH3 is 1. The molecule has 0 aromatic carbocycles. The Kier molecular flexibility index (Phi) is 2.70. The number of aromatic nitrogens is 3. The standard InChI is InChI=1S/C11H18N6O/c1-18-10-15-8(14-9(16-10)17-12)13-6-11(4-5-11)7-2-3-7/h7H,2-6,12H2,1H3,(H2,13,14,15,16,17). The van der Waals surface area contributed by atoms with Gasteiger partial charge in [0.2, 0.25) is 11.9 Å². The second-order valence-corrected chi connectivity index (χ2v) is 5.10. The van der Waals surface area contributed by atoms with Gasteiger partial charge in [0.1, 0.15) is 0 Å². The molecule has 1 heterocycles. The molecule has 1 aromatic heterocycles. The van der Waals surface area contributed by atoms with E-state index in [1.165, 1.54) is 32.8 Å². The molecule has 1 aromatic rings. The van der Waals surface area contributed by atoms with E-state index in [0.717, 1.165) is 12.5 Å². The Labute approximate surface area is 106 Å². The SMILES string of the molecule is COc1nc(NN)nc(NCC2(C3CC3)CC2)n1. The second kappa shape index (κ2) is 4.24. The Morgan fingerprint density at radius 2 is 2.00 bits per heavy atom. The molecule has 7 nitrogen and oxygen atoms in total. The molecule has 0 bridgehead atoms. The summed E-state index contributed by atoms with van der Waals surface area (Å²) in [6.45, 7) is 0.925. The maximum Gasteiger partial charge on any atom is 0.322 e. The number of rotatable bonds is 6. The number of hydrogen-bond donors (Lipinski definition) is 3. The van der Waals surface area contributed by atoms with Crippen LogP contribution in [-0.4, -0.2) is 28.6 Å². The van der Waals surface area contributed by atoms with Crippen LogP contribution in [0.15, 0.2) is 0 Å². The summed E-state index contributed by atoms with van der Waals surface area (Å²) >= 11 is 0. The monoisotopic (exact) mass is 250 g/mol. The summed E-state index contributed by atoms with van der Waals surface area (Å²) in [5.74, 6) is 7.03. The van der Waals surface area contributed by atoms with Gasteiger partial charge in [-0.25, -0.2) is 5.84 Å². The lowest BCUT2D eigenvalue weighted by Gasteiger charge is -2.15. The van der Waals surface area contributed by atoms with E-state index in [2.05, 4.69) is 25.7 Å². The van der Waals surface area contributed by atoms with Crippen LogP contribution in [0, 0.1) is 11.3 Å². The first kappa shape index (κ1) is 11.5. The number of ether oxygens (including phenoxy) is 1. The van der Waals surface area contributed by atoms with Crippen LogP contribution in [0.5, 0.6) is 6.01 Å². The van der Waals surface area contributed by atoms with Crippen LogP contribution in [0.3, 0.4) is 0 Å². The largest absolute Gasteiger partial charge is 0.467 e. The van der Waals surface area contributed by atoms with Gasteiger partial charge < -0.3 is 10.1 Å². The summed E-state index contributed by atoms with van der Waals surface area (Å²) in [4.78, 5) is 12.3. The molecule has 4 N–H and O–H groups in total. The minimum Gasteiger partial charge on any atom is -0.467 e. The van der Waals surface area contributed by atoms with Crippen LogP contribution in [0.1, 0.15) is 25.7 Å². The van der Waals surface area contributed by atoms with Crippen molar-refractivity contribution in [2.45, 2.75) is 25.7 Å². The number of nitrogens with zero attached hydrogens (tertiary/aromatic N) is 3. The van der Waals surface area contributed by atoms with Gasteiger partial charge in [-0.3, -0.25) is 5.43 Å². The Morgan fingerprint density at radius 3 is 2.56 bits per heavy atom. The molecule has 0 aliphatic heterocycles. The third-order valence-electron chi connectivity index (χ3n) is 3.86. The fraction of sp³-hybridized carbons (Fsp3) is 0.727. The molecule has 2 saturated carbocycles. The van der Waals surface area contributed by atoms with Crippen molar-refractivity contribution in [3.8, 4) is 6.01 Å². The lowest BCUT2D eigenvalue weighted by atomic mass is 10.0. The summed E-state index contributed by atoms with van der Waals surface area (Å²) in [5.41, 5.74) is 2.90. The highest BCUT2D eigenvalue weighted by molar-refractivity contribution is 5.35. The number of nitrogens with one attached hydrogen (secondary N) is 2. The lowest BCUT2D eigenvalue weighted by Crippen LogP contribution is -2.20. The van der Waals surface area contributed by atoms with E-state index in [1.807, 2.05) is 0 Å². The highest BCUT2D eigenvalue weighted by Crippen LogP contribution is 2.61. The third kappa shape index (κ3) is 2.17. The number of hydrogen-bond acceptors (Lipinski definition) is 7. The van der Waals surface area contributed by atoms with Gasteiger partial charge in [-0.2, -0.15) is 15.0 Å². The minimum absolute atomic E-state index is 0.261. The van der Waals surface area contributed by atoms with Crippen LogP contribution in [0.25, 0.3) is 0 Å². The van der Waals surface area contributed by atoms with E-state index in [4.69, 9.17) is 10.6 Å². The predicted octanol–water partition coefficient (Wildman–Crippen LogP) is 0.768. The molecule has 7 heteroatoms. The number of nitrogens with two attached hydrogens (primary N) is 1. The molecular formula is C11H18N6O. The van der Waals surface area contributed by atoms with Crippen LogP contribution >= 0.6 is 0 Å². The fourth-order valence-corrected chi connectivity index (χ4v) is 2.43. The van der Waals surface area contributed by atoms with Crippen LogP contribution < -0.4 is 21.3 Å². The molecular weight excluding hydrogens is 232 g/mol. The number of hydrazine groups is 1. The van der Waals surface area contributed by atoms with Gasteiger partial charge in [0.05, 0.1) is 7.11 Å². The molecule has 0 amide bonds. The maximum absolute atomic E-state index is 5.31. The van der Waals surface area contributed by atoms with Crippen LogP contribution in [-0.2, 0) is 0 Å². The lowest BCUT2D eigenvalue weighted by molar-refractivity contribution is 0.379. The molecule has 2 fully saturated rings. The topological polar surface area (TPSA) is 98.0 Å². The number of anilines is 2. The smallest absolute Gasteiger partial charge is 0.322 e. The highest BCUT2D eigenvalue weighted by atomic mass is 16.5. The molecule has 2 aliphatic rings. The average Bonchev–Trinajstić information content (AvgIpc) is 3.28. The van der Waals surface area contributed by atoms with Crippen molar-refractivity contribution in [1.29, 1.82) is 0 Å². The van der Waals surface area contributed by atoms with Gasteiger partial charge in [0, 0.05) is 6.54 Å². The normalized spacial score (nSPS) is 20.3. The molecule has 0 unspecified atom stereocenters. The van der Waals surface area contributed by atoms with Crippen LogP contribution in [0.4, 0.5) is 11.9 Å². The molecule has 0 atom stereocenters. The maximum atomic E-state index is 5.31. The zero-order valence-electron chi connectivity index (χ0n) is 10.4. The molecule has 0 radical (unpaired) electrons. The van der Waals surface area contributed by atoms with Gasteiger partial charge in [0.15, 0.2) is 0 Å². The van der Waals surface area contributed by atoms with Crippen LogP contribution in [0.2, 0.25) is 0 Å². The van der Waals surface area contributed by atoms with Crippen molar-refractivity contribution in [1.82, 2.24) is 15.0 Å². The van der Waals surface area contributed by atoms with Crippen molar-refractivity contribution in [2.75, 3.05) is 24.4 Å². The third-order valence-corrected chi connectivity index (χ3v) is 3.86. The second-order valence-electron chi connectivity index (χ2n) is 5.10. The Balaban J connectivity index is 1.68. The van der Waals surface area contributed by atoms with E-state index < -0.39 is 0 Å². The number of nitrogen functional groups attached to an aromatic ring is 1. The summed E-state index contributed by atoms with van der Waals surface area (Å²) in [5, 5.41) is 3.28. The van der Waals surface area contributed by atoms with E-state index in [0.29, 0.717) is 17.3 Å². The van der Waals surface area contributed by atoms with E-state index >= 15 is 0 Å². The Hall–Kier alpha value is -1.63. The van der Waals surface area contributed by atoms with Crippen molar-refractivity contribution < 1.29 is 4.74 Å². The van der Waals surface area contributed by atoms with Gasteiger partial charge in [-0.15, -0.1) is 0 Å². The zero-order valence-corrected chi connectivity index (χ0v) is 10.4. The zero-order chi connectivity index (χ0) is 12.6. The van der Waals surface area contributed by atoms with Gasteiger partial charge >= 0.3 is 6.01 Å². The average molecular weight is 250 g/mol. The first-order valence-corrected chi connectivity index (χ1v) is 6.26. The van der Waals surface area contributed by atoms with Crippen molar-refractivity contribution >= 4 is 11.9 Å². The summed E-state index contributed by atoms with van der Waals surface area (Å²) in [6, 6.07) is 0.261. The quantitative estimate of drug-likeness (QED) is 0.506. The fourth-order valence-electron chi connectivity index (χ4n) is 2.43. The summed E-state index contributed by atoms with van der Waals surface area (Å²) < 4.78 is 5.01. The molecule has 0 spiro atoms. The molecule has 18 heavy (non-hydrogen) atoms. The molecule has 3 rings (SSSR count). The molecule has 98 valence electrons. The van der Waals surface area contributed by atoms with Crippen molar-refractivity contribution in [2.24, 2.45) is 17.2 Å². The molecule has 2 aliphatic carbocycles. The first-order valence-electron chi connectivity index (χ1n) is 6.26. The van der Waals surface area contributed by atoms with Gasteiger partial charge in [-0.1, -0.05) is 0 Å². The summed E-state index contributed by atoms with van der Waals surface area (Å²) in [7, 11) is 1.52. The first-order chi connectivity index (χ1) is 8.75. The Morgan fingerprint density at radius 1 is 1.28 bits per heavy atom. The van der Waals surface area contributed by atoms with Crippen molar-refractivity contribution in [3.05, 3.63) is 0 Å². The Bertz CT molecular complexity index is 421.